The van der Waals surface area contributed by atoms with Gasteiger partial charge in [0, 0.05) is 24.6 Å². The van der Waals surface area contributed by atoms with Crippen LogP contribution in [0.4, 0.5) is 13.2 Å². The Labute approximate surface area is 210 Å². The summed E-state index contributed by atoms with van der Waals surface area (Å²) in [5.74, 6) is 5.22. The number of carbonyl (C=O) groups is 1. The van der Waals surface area contributed by atoms with Crippen molar-refractivity contribution in [3.8, 4) is 17.6 Å². The predicted octanol–water partition coefficient (Wildman–Crippen LogP) is 2.44. The minimum absolute atomic E-state index is 0.0118. The Hall–Kier alpha value is -3.40. The number of benzene rings is 1. The SMILES string of the molecule is COc1ccc(C(=O)n2c(=O)c(C(F)(F)F)cn([C@H]3C[C@H](OCC#CCC(C)C)[C@@H](CO)O3)c2=O)cc1. The molecule has 1 N–H and O–H groups in total. The van der Waals surface area contributed by atoms with Crippen LogP contribution in [-0.4, -0.2) is 52.7 Å². The number of aliphatic hydroxyl groups is 1. The summed E-state index contributed by atoms with van der Waals surface area (Å²) in [5.41, 5.74) is -5.05. The smallest absolute Gasteiger partial charge is 0.423 e. The molecule has 37 heavy (non-hydrogen) atoms. The number of ether oxygens (including phenoxy) is 3. The van der Waals surface area contributed by atoms with Gasteiger partial charge in [-0.05, 0) is 30.2 Å². The van der Waals surface area contributed by atoms with Crippen molar-refractivity contribution in [1.29, 1.82) is 0 Å². The van der Waals surface area contributed by atoms with Crippen molar-refractivity contribution in [2.45, 2.75) is 51.3 Å². The van der Waals surface area contributed by atoms with Crippen LogP contribution >= 0.6 is 0 Å². The van der Waals surface area contributed by atoms with E-state index in [4.69, 9.17) is 14.2 Å². The lowest BCUT2D eigenvalue weighted by Gasteiger charge is -2.18. The highest BCUT2D eigenvalue weighted by molar-refractivity contribution is 5.95. The van der Waals surface area contributed by atoms with Gasteiger partial charge in [-0.2, -0.15) is 17.7 Å². The van der Waals surface area contributed by atoms with E-state index in [1.807, 2.05) is 13.8 Å². The molecule has 0 unspecified atom stereocenters. The number of aliphatic hydroxyl groups excluding tert-OH is 1. The number of methoxy groups -OCH3 is 1. The van der Waals surface area contributed by atoms with Crippen molar-refractivity contribution in [3.63, 3.8) is 0 Å². The molecule has 0 bridgehead atoms. The van der Waals surface area contributed by atoms with Crippen LogP contribution in [0.3, 0.4) is 0 Å². The lowest BCUT2D eigenvalue weighted by atomic mass is 10.1. The molecule has 1 aromatic heterocycles. The fourth-order valence-electron chi connectivity index (χ4n) is 3.70. The van der Waals surface area contributed by atoms with Crippen LogP contribution < -0.4 is 16.0 Å². The normalized spacial score (nSPS) is 19.5. The quantitative estimate of drug-likeness (QED) is 0.555. The molecule has 200 valence electrons. The molecule has 12 heteroatoms. The van der Waals surface area contributed by atoms with Gasteiger partial charge in [-0.3, -0.25) is 14.2 Å². The molecule has 0 aliphatic carbocycles. The van der Waals surface area contributed by atoms with Crippen LogP contribution in [0.2, 0.25) is 0 Å². The van der Waals surface area contributed by atoms with Crippen LogP contribution in [0.5, 0.6) is 5.75 Å². The Kier molecular flexibility index (Phi) is 8.96. The molecule has 1 aliphatic heterocycles. The number of alkyl halides is 3. The molecule has 0 saturated carbocycles. The third-order valence-electron chi connectivity index (χ3n) is 5.63. The second-order valence-corrected chi connectivity index (χ2v) is 8.75. The Bertz CT molecular complexity index is 1290. The molecule has 0 radical (unpaired) electrons. The van der Waals surface area contributed by atoms with Gasteiger partial charge in [-0.15, -0.1) is 5.92 Å². The number of hydrogen-bond acceptors (Lipinski definition) is 7. The highest BCUT2D eigenvalue weighted by atomic mass is 19.4. The Balaban J connectivity index is 1.99. The van der Waals surface area contributed by atoms with Gasteiger partial charge in [0.1, 0.15) is 30.3 Å². The number of halogens is 3. The zero-order valence-corrected chi connectivity index (χ0v) is 20.4. The van der Waals surface area contributed by atoms with Crippen LogP contribution in [0.1, 0.15) is 48.8 Å². The van der Waals surface area contributed by atoms with E-state index < -0.39 is 53.9 Å². The number of rotatable bonds is 7. The van der Waals surface area contributed by atoms with Crippen molar-refractivity contribution >= 4 is 5.91 Å². The maximum Gasteiger partial charge on any atom is 0.423 e. The summed E-state index contributed by atoms with van der Waals surface area (Å²) in [4.78, 5) is 38.8. The fraction of sp³-hybridized carbons (Fsp3) is 0.480. The summed E-state index contributed by atoms with van der Waals surface area (Å²) in [6.07, 6.45) is -7.40. The minimum atomic E-state index is -5.16. The molecule has 1 aromatic carbocycles. The van der Waals surface area contributed by atoms with Gasteiger partial charge in [0.15, 0.2) is 0 Å². The summed E-state index contributed by atoms with van der Waals surface area (Å²) in [7, 11) is 1.38. The first kappa shape index (κ1) is 28.2. The molecular weight excluding hydrogens is 497 g/mol. The maximum atomic E-state index is 13.7. The number of carbonyl (C=O) groups excluding carboxylic acids is 1. The molecule has 0 amide bonds. The molecule has 3 rings (SSSR count). The highest BCUT2D eigenvalue weighted by Gasteiger charge is 2.41. The first-order chi connectivity index (χ1) is 17.5. The summed E-state index contributed by atoms with van der Waals surface area (Å²) in [5, 5.41) is 9.68. The van der Waals surface area contributed by atoms with Crippen molar-refractivity contribution in [3.05, 3.63) is 62.4 Å². The lowest BCUT2D eigenvalue weighted by molar-refractivity contribution is -0.139. The monoisotopic (exact) mass is 524 g/mol. The van der Waals surface area contributed by atoms with Crippen LogP contribution in [-0.2, 0) is 15.7 Å². The predicted molar refractivity (Wildman–Crippen MR) is 125 cm³/mol. The molecule has 2 aromatic rings. The molecule has 1 saturated heterocycles. The molecule has 9 nitrogen and oxygen atoms in total. The summed E-state index contributed by atoms with van der Waals surface area (Å²) in [6.45, 7) is 3.45. The zero-order valence-electron chi connectivity index (χ0n) is 20.4. The summed E-state index contributed by atoms with van der Waals surface area (Å²) >= 11 is 0. The van der Waals surface area contributed by atoms with Crippen molar-refractivity contribution in [1.82, 2.24) is 9.13 Å². The van der Waals surface area contributed by atoms with E-state index in [1.54, 1.807) is 0 Å². The van der Waals surface area contributed by atoms with Gasteiger partial charge in [0.25, 0.3) is 11.5 Å². The van der Waals surface area contributed by atoms with E-state index >= 15 is 0 Å². The number of hydrogen-bond donors (Lipinski definition) is 1. The molecule has 0 spiro atoms. The van der Waals surface area contributed by atoms with Crippen molar-refractivity contribution < 1.29 is 37.3 Å². The van der Waals surface area contributed by atoms with Gasteiger partial charge in [-0.25, -0.2) is 4.79 Å². The largest absolute Gasteiger partial charge is 0.497 e. The first-order valence-electron chi connectivity index (χ1n) is 11.5. The van der Waals surface area contributed by atoms with E-state index in [1.165, 1.54) is 31.4 Å². The van der Waals surface area contributed by atoms with Gasteiger partial charge in [0.2, 0.25) is 0 Å². The summed E-state index contributed by atoms with van der Waals surface area (Å²) < 4.78 is 57.8. The molecular formula is C25H27F3N2O7. The van der Waals surface area contributed by atoms with E-state index in [0.29, 0.717) is 28.9 Å². The highest BCUT2D eigenvalue weighted by Crippen LogP contribution is 2.32. The summed E-state index contributed by atoms with van der Waals surface area (Å²) in [6, 6.07) is 5.16. The molecule has 2 heterocycles. The molecule has 3 atom stereocenters. The van der Waals surface area contributed by atoms with E-state index in [2.05, 4.69) is 11.8 Å². The van der Waals surface area contributed by atoms with Crippen LogP contribution in [0.15, 0.2) is 40.1 Å². The second kappa shape index (κ2) is 11.8. The van der Waals surface area contributed by atoms with Gasteiger partial charge < -0.3 is 19.3 Å². The van der Waals surface area contributed by atoms with Crippen molar-refractivity contribution in [2.75, 3.05) is 20.3 Å². The molecule has 1 fully saturated rings. The van der Waals surface area contributed by atoms with E-state index in [-0.39, 0.29) is 23.2 Å². The van der Waals surface area contributed by atoms with Gasteiger partial charge in [-0.1, -0.05) is 19.8 Å². The topological polar surface area (TPSA) is 109 Å². The zero-order chi connectivity index (χ0) is 27.3. The minimum Gasteiger partial charge on any atom is -0.497 e. The average molecular weight is 524 g/mol. The van der Waals surface area contributed by atoms with Gasteiger partial charge >= 0.3 is 11.9 Å². The lowest BCUT2D eigenvalue weighted by Crippen LogP contribution is -2.47. The van der Waals surface area contributed by atoms with Gasteiger partial charge in [0.05, 0.1) is 19.8 Å². The molecule has 1 aliphatic rings. The number of aromatic nitrogens is 2. The first-order valence-corrected chi connectivity index (χ1v) is 11.5. The van der Waals surface area contributed by atoms with Crippen molar-refractivity contribution in [2.24, 2.45) is 5.92 Å². The van der Waals surface area contributed by atoms with Crippen LogP contribution in [0, 0.1) is 17.8 Å². The van der Waals surface area contributed by atoms with E-state index in [9.17, 15) is 32.7 Å². The Morgan fingerprint density at radius 1 is 1.22 bits per heavy atom. The maximum absolute atomic E-state index is 13.7. The fourth-order valence-corrected chi connectivity index (χ4v) is 3.70. The third-order valence-corrected chi connectivity index (χ3v) is 5.63. The Morgan fingerprint density at radius 3 is 2.46 bits per heavy atom. The average Bonchev–Trinajstić information content (AvgIpc) is 3.25. The Morgan fingerprint density at radius 2 is 1.89 bits per heavy atom. The van der Waals surface area contributed by atoms with E-state index in [0.717, 1.165) is 0 Å². The number of nitrogens with zero attached hydrogens (tertiary/aromatic N) is 2. The standard InChI is InChI=1S/C25H27F3N2O7/c1-15(2)6-4-5-11-36-19-12-21(37-20(19)14-31)29-13-18(25(26,27)28)23(33)30(24(29)34)22(32)16-7-9-17(35-3)10-8-16/h7-10,13,15,19-21,31H,6,11-12,14H2,1-3H3/t19-,20+,21+/m0/s1. The third kappa shape index (κ3) is 6.49. The van der Waals surface area contributed by atoms with Crippen LogP contribution in [0.25, 0.3) is 0 Å². The second-order valence-electron chi connectivity index (χ2n) is 8.75.